The van der Waals surface area contributed by atoms with Crippen molar-refractivity contribution in [3.63, 3.8) is 0 Å². The fraction of sp³-hybridized carbons (Fsp3) is 0.333. The first-order chi connectivity index (χ1) is 15.9. The number of benzene rings is 2. The lowest BCUT2D eigenvalue weighted by Gasteiger charge is -2.19. The van der Waals surface area contributed by atoms with Crippen LogP contribution in [0.5, 0.6) is 0 Å². The molecule has 182 valence electrons. The molecule has 0 bridgehead atoms. The standard InChI is InChI=1S/C14H10O4.C10H18N2O4/c15-13(11-7-3-1-4-8-11)17-18-14(16)12-9-5-2-6-10-12;1-9(2,7(13)15-5)11-12-10(3,4)8(14)16-6/h1-10H;1-6H3. The van der Waals surface area contributed by atoms with Crippen molar-refractivity contribution < 1.29 is 38.4 Å². The first kappa shape index (κ1) is 28.0. The lowest BCUT2D eigenvalue weighted by atomic mass is 10.1. The zero-order chi connectivity index (χ0) is 25.8. The third-order valence-corrected chi connectivity index (χ3v) is 4.13. The van der Waals surface area contributed by atoms with Crippen LogP contribution in [0.15, 0.2) is 70.9 Å². The summed E-state index contributed by atoms with van der Waals surface area (Å²) in [6.45, 7) is 6.21. The number of esters is 2. The Balaban J connectivity index is 0.000000344. The van der Waals surface area contributed by atoms with Crippen LogP contribution in [0.2, 0.25) is 0 Å². The summed E-state index contributed by atoms with van der Waals surface area (Å²) in [5.41, 5.74) is -1.59. The molecule has 0 heterocycles. The number of carbonyl (C=O) groups excluding carboxylic acids is 4. The van der Waals surface area contributed by atoms with Crippen LogP contribution in [0.25, 0.3) is 0 Å². The second-order valence-corrected chi connectivity index (χ2v) is 7.77. The van der Waals surface area contributed by atoms with Crippen LogP contribution in [0, 0.1) is 0 Å². The molecule has 34 heavy (non-hydrogen) atoms. The van der Waals surface area contributed by atoms with E-state index in [1.807, 2.05) is 0 Å². The van der Waals surface area contributed by atoms with Gasteiger partial charge in [-0.1, -0.05) is 36.4 Å². The Morgan fingerprint density at radius 1 is 0.588 bits per heavy atom. The minimum atomic E-state index is -1.11. The molecule has 0 amide bonds. The molecule has 0 aliphatic heterocycles. The lowest BCUT2D eigenvalue weighted by Crippen LogP contribution is -2.34. The molecule has 0 spiro atoms. The molecule has 2 aromatic carbocycles. The fourth-order valence-corrected chi connectivity index (χ4v) is 2.15. The van der Waals surface area contributed by atoms with Gasteiger partial charge in [0.15, 0.2) is 11.1 Å². The first-order valence-corrected chi connectivity index (χ1v) is 10.1. The van der Waals surface area contributed by atoms with Gasteiger partial charge in [0, 0.05) is 0 Å². The molecule has 0 atom stereocenters. The molecule has 0 fully saturated rings. The van der Waals surface area contributed by atoms with Crippen molar-refractivity contribution in [1.29, 1.82) is 0 Å². The summed E-state index contributed by atoms with van der Waals surface area (Å²) < 4.78 is 9.12. The maximum Gasteiger partial charge on any atom is 0.386 e. The van der Waals surface area contributed by atoms with Gasteiger partial charge < -0.3 is 9.47 Å². The molecule has 0 unspecified atom stereocenters. The highest BCUT2D eigenvalue weighted by Crippen LogP contribution is 2.18. The maximum absolute atomic E-state index is 11.5. The Labute approximate surface area is 197 Å². The SMILES string of the molecule is COC(=O)C(C)(C)N=NC(C)(C)C(=O)OC.O=C(OOC(=O)c1ccccc1)c1ccccc1. The zero-order valence-corrected chi connectivity index (χ0v) is 19.9. The van der Waals surface area contributed by atoms with Crippen LogP contribution in [0.1, 0.15) is 48.4 Å². The van der Waals surface area contributed by atoms with Crippen LogP contribution in [-0.4, -0.2) is 49.2 Å². The number of azo groups is 1. The number of hydrogen-bond acceptors (Lipinski definition) is 10. The van der Waals surface area contributed by atoms with E-state index in [2.05, 4.69) is 29.5 Å². The van der Waals surface area contributed by atoms with E-state index in [0.29, 0.717) is 11.1 Å². The number of ether oxygens (including phenoxy) is 2. The molecular formula is C24H28N2O8. The van der Waals surface area contributed by atoms with Gasteiger partial charge in [-0.2, -0.15) is 10.2 Å². The second kappa shape index (κ2) is 12.8. The van der Waals surface area contributed by atoms with Crippen molar-refractivity contribution in [2.24, 2.45) is 10.2 Å². The zero-order valence-electron chi connectivity index (χ0n) is 19.9. The van der Waals surface area contributed by atoms with Crippen LogP contribution < -0.4 is 0 Å². The van der Waals surface area contributed by atoms with Crippen molar-refractivity contribution in [3.8, 4) is 0 Å². The number of rotatable bonds is 6. The normalized spacial score (nSPS) is 11.0. The summed E-state index contributed by atoms with van der Waals surface area (Å²) in [5, 5.41) is 7.63. The molecular weight excluding hydrogens is 444 g/mol. The quantitative estimate of drug-likeness (QED) is 0.267. The van der Waals surface area contributed by atoms with Gasteiger partial charge in [0.1, 0.15) is 0 Å². The van der Waals surface area contributed by atoms with Crippen molar-refractivity contribution in [2.45, 2.75) is 38.8 Å². The Hall–Kier alpha value is -4.08. The van der Waals surface area contributed by atoms with Gasteiger partial charge in [-0.3, -0.25) is 0 Å². The predicted molar refractivity (Wildman–Crippen MR) is 121 cm³/mol. The molecule has 2 aromatic rings. The highest BCUT2D eigenvalue weighted by atomic mass is 17.2. The monoisotopic (exact) mass is 472 g/mol. The Morgan fingerprint density at radius 2 is 0.882 bits per heavy atom. The van der Waals surface area contributed by atoms with Crippen LogP contribution in [-0.2, 0) is 28.8 Å². The summed E-state index contributed by atoms with van der Waals surface area (Å²) in [6.07, 6.45) is 0. The topological polar surface area (TPSA) is 130 Å². The summed E-state index contributed by atoms with van der Waals surface area (Å²) in [5.74, 6) is -2.45. The van der Waals surface area contributed by atoms with Gasteiger partial charge in [0.2, 0.25) is 0 Å². The Bertz CT molecular complexity index is 921. The van der Waals surface area contributed by atoms with Gasteiger partial charge in [0.25, 0.3) is 0 Å². The van der Waals surface area contributed by atoms with Crippen molar-refractivity contribution in [3.05, 3.63) is 71.8 Å². The number of methoxy groups -OCH3 is 2. The van der Waals surface area contributed by atoms with E-state index in [4.69, 9.17) is 0 Å². The third kappa shape index (κ3) is 8.81. The predicted octanol–water partition coefficient (Wildman–Crippen LogP) is 3.96. The number of nitrogens with zero attached hydrogens (tertiary/aromatic N) is 2. The van der Waals surface area contributed by atoms with Gasteiger partial charge in [-0.15, -0.1) is 0 Å². The molecule has 0 aliphatic carbocycles. The molecule has 0 saturated carbocycles. The molecule has 10 heteroatoms. The second-order valence-electron chi connectivity index (χ2n) is 7.77. The van der Waals surface area contributed by atoms with Gasteiger partial charge in [0.05, 0.1) is 25.3 Å². The summed E-state index contributed by atoms with van der Waals surface area (Å²) in [4.78, 5) is 54.5. The fourth-order valence-electron chi connectivity index (χ4n) is 2.15. The Kier molecular flexibility index (Phi) is 10.5. The molecule has 10 nitrogen and oxygen atoms in total. The summed E-state index contributed by atoms with van der Waals surface area (Å²) in [7, 11) is 2.54. The van der Waals surface area contributed by atoms with E-state index in [9.17, 15) is 19.2 Å². The minimum Gasteiger partial charge on any atom is -0.467 e. The maximum atomic E-state index is 11.5. The first-order valence-electron chi connectivity index (χ1n) is 10.1. The summed E-state index contributed by atoms with van der Waals surface area (Å²) >= 11 is 0. The average Bonchev–Trinajstić information content (AvgIpc) is 2.86. The third-order valence-electron chi connectivity index (χ3n) is 4.13. The van der Waals surface area contributed by atoms with Crippen LogP contribution in [0.4, 0.5) is 0 Å². The van der Waals surface area contributed by atoms with Crippen LogP contribution in [0.3, 0.4) is 0 Å². The lowest BCUT2D eigenvalue weighted by molar-refractivity contribution is -0.187. The van der Waals surface area contributed by atoms with E-state index in [1.165, 1.54) is 14.2 Å². The van der Waals surface area contributed by atoms with E-state index in [-0.39, 0.29) is 0 Å². The molecule has 0 aliphatic rings. The highest BCUT2D eigenvalue weighted by molar-refractivity contribution is 5.92. The molecule has 0 N–H and O–H groups in total. The van der Waals surface area contributed by atoms with E-state index >= 15 is 0 Å². The molecule has 2 rings (SSSR count). The largest absolute Gasteiger partial charge is 0.467 e. The van der Waals surface area contributed by atoms with Gasteiger partial charge >= 0.3 is 23.9 Å². The van der Waals surface area contributed by atoms with Crippen LogP contribution >= 0.6 is 0 Å². The molecule has 0 aromatic heterocycles. The average molecular weight is 472 g/mol. The molecule has 0 radical (unpaired) electrons. The smallest absolute Gasteiger partial charge is 0.386 e. The highest BCUT2D eigenvalue weighted by Gasteiger charge is 2.33. The Morgan fingerprint density at radius 3 is 1.15 bits per heavy atom. The minimum absolute atomic E-state index is 0.318. The van der Waals surface area contributed by atoms with Crippen molar-refractivity contribution in [1.82, 2.24) is 0 Å². The molecule has 0 saturated heterocycles. The number of hydrogen-bond donors (Lipinski definition) is 0. The van der Waals surface area contributed by atoms with E-state index in [1.54, 1.807) is 88.4 Å². The van der Waals surface area contributed by atoms with Crippen molar-refractivity contribution in [2.75, 3.05) is 14.2 Å². The van der Waals surface area contributed by atoms with E-state index < -0.39 is 35.0 Å². The summed E-state index contributed by atoms with van der Waals surface area (Å²) in [6, 6.07) is 16.6. The van der Waals surface area contributed by atoms with E-state index in [0.717, 1.165) is 0 Å². The van der Waals surface area contributed by atoms with Gasteiger partial charge in [-0.05, 0) is 52.0 Å². The number of carbonyl (C=O) groups is 4. The van der Waals surface area contributed by atoms with Gasteiger partial charge in [-0.25, -0.2) is 29.0 Å². The van der Waals surface area contributed by atoms with Crippen molar-refractivity contribution >= 4 is 23.9 Å².